The summed E-state index contributed by atoms with van der Waals surface area (Å²) >= 11 is 5.73. The Morgan fingerprint density at radius 1 is 1.29 bits per heavy atom. The first-order chi connectivity index (χ1) is 9.88. The van der Waals surface area contributed by atoms with Crippen LogP contribution in [0.1, 0.15) is 15.9 Å². The third-order valence-electron chi connectivity index (χ3n) is 2.84. The number of hydrogen-bond donors (Lipinski definition) is 1. The van der Waals surface area contributed by atoms with E-state index in [-0.39, 0.29) is 22.0 Å². The predicted molar refractivity (Wildman–Crippen MR) is 77.2 cm³/mol. The second kappa shape index (κ2) is 5.88. The number of benzene rings is 2. The second-order valence-electron chi connectivity index (χ2n) is 4.34. The van der Waals surface area contributed by atoms with Crippen molar-refractivity contribution in [1.82, 2.24) is 0 Å². The zero-order valence-electron chi connectivity index (χ0n) is 10.9. The van der Waals surface area contributed by atoms with Crippen LogP contribution in [0.3, 0.4) is 0 Å². The van der Waals surface area contributed by atoms with Gasteiger partial charge in [-0.25, -0.2) is 4.39 Å². The quantitative estimate of drug-likeness (QED) is 0.689. The molecule has 1 amide bonds. The molecule has 1 N–H and O–H groups in total. The maximum absolute atomic E-state index is 13.5. The lowest BCUT2D eigenvalue weighted by Crippen LogP contribution is -2.13. The van der Waals surface area contributed by atoms with Crippen LogP contribution in [0.15, 0.2) is 36.4 Å². The molecule has 2 aromatic carbocycles. The number of halogens is 2. The number of carbonyl (C=O) groups excluding carboxylic acids is 1. The van der Waals surface area contributed by atoms with E-state index in [4.69, 9.17) is 11.6 Å². The highest BCUT2D eigenvalue weighted by Gasteiger charge is 2.16. The molecule has 0 spiro atoms. The van der Waals surface area contributed by atoms with Crippen LogP contribution < -0.4 is 5.32 Å². The van der Waals surface area contributed by atoms with Crippen LogP contribution in [-0.4, -0.2) is 10.8 Å². The summed E-state index contributed by atoms with van der Waals surface area (Å²) < 4.78 is 13.5. The highest BCUT2D eigenvalue weighted by molar-refractivity contribution is 6.31. The summed E-state index contributed by atoms with van der Waals surface area (Å²) in [5.41, 5.74) is 0.238. The molecule has 2 aromatic rings. The fraction of sp³-hybridized carbons (Fsp3) is 0.0714. The number of nitro groups is 1. The van der Waals surface area contributed by atoms with E-state index in [1.54, 1.807) is 6.92 Å². The van der Waals surface area contributed by atoms with Gasteiger partial charge in [0.15, 0.2) is 0 Å². The summed E-state index contributed by atoms with van der Waals surface area (Å²) in [6, 6.07) is 7.77. The van der Waals surface area contributed by atoms with E-state index in [2.05, 4.69) is 5.32 Å². The normalized spacial score (nSPS) is 10.2. The van der Waals surface area contributed by atoms with Crippen LogP contribution in [0.2, 0.25) is 5.02 Å². The number of anilines is 1. The van der Waals surface area contributed by atoms with Crippen LogP contribution in [-0.2, 0) is 0 Å². The Labute approximate surface area is 124 Å². The molecule has 0 heterocycles. The Kier molecular flexibility index (Phi) is 4.18. The standard InChI is InChI=1S/C14H10ClFN2O3/c1-8-2-3-9(6-13(8)18(20)21)14(19)17-12-7-10(15)4-5-11(12)16/h2-7H,1H3,(H,17,19). The molecular formula is C14H10ClFN2O3. The number of hydrogen-bond acceptors (Lipinski definition) is 3. The Bertz CT molecular complexity index is 734. The molecule has 21 heavy (non-hydrogen) atoms. The fourth-order valence-electron chi connectivity index (χ4n) is 1.74. The van der Waals surface area contributed by atoms with Gasteiger partial charge in [0, 0.05) is 22.2 Å². The molecule has 0 saturated heterocycles. The third-order valence-corrected chi connectivity index (χ3v) is 3.08. The molecule has 108 valence electrons. The van der Waals surface area contributed by atoms with Crippen molar-refractivity contribution in [3.8, 4) is 0 Å². The van der Waals surface area contributed by atoms with Crippen molar-refractivity contribution in [2.24, 2.45) is 0 Å². The predicted octanol–water partition coefficient (Wildman–Crippen LogP) is 3.95. The molecule has 2 rings (SSSR count). The highest BCUT2D eigenvalue weighted by atomic mass is 35.5. The maximum atomic E-state index is 13.5. The molecule has 0 fully saturated rings. The van der Waals surface area contributed by atoms with E-state index in [0.717, 1.165) is 12.1 Å². The minimum Gasteiger partial charge on any atom is -0.319 e. The van der Waals surface area contributed by atoms with Gasteiger partial charge in [-0.3, -0.25) is 14.9 Å². The zero-order chi connectivity index (χ0) is 15.6. The molecule has 0 radical (unpaired) electrons. The number of nitrogens with one attached hydrogen (secondary N) is 1. The summed E-state index contributed by atoms with van der Waals surface area (Å²) in [5.74, 6) is -1.30. The van der Waals surface area contributed by atoms with Gasteiger partial charge in [-0.05, 0) is 31.2 Å². The average Bonchev–Trinajstić information content (AvgIpc) is 2.43. The van der Waals surface area contributed by atoms with Crippen LogP contribution in [0, 0.1) is 22.9 Å². The molecule has 0 aliphatic heterocycles. The number of nitro benzene ring substituents is 1. The highest BCUT2D eigenvalue weighted by Crippen LogP contribution is 2.22. The van der Waals surface area contributed by atoms with Crippen molar-refractivity contribution < 1.29 is 14.1 Å². The molecule has 5 nitrogen and oxygen atoms in total. The summed E-state index contributed by atoms with van der Waals surface area (Å²) in [5, 5.41) is 13.4. The third kappa shape index (κ3) is 3.35. The zero-order valence-corrected chi connectivity index (χ0v) is 11.6. The maximum Gasteiger partial charge on any atom is 0.273 e. The summed E-state index contributed by atoms with van der Waals surface area (Å²) in [6.07, 6.45) is 0. The molecule has 7 heteroatoms. The molecule has 0 aliphatic carbocycles. The van der Waals surface area contributed by atoms with Gasteiger partial charge in [0.2, 0.25) is 0 Å². The SMILES string of the molecule is Cc1ccc(C(=O)Nc2cc(Cl)ccc2F)cc1[N+](=O)[O-]. The monoisotopic (exact) mass is 308 g/mol. The van der Waals surface area contributed by atoms with Gasteiger partial charge in [0.1, 0.15) is 5.82 Å². The first kappa shape index (κ1) is 14.9. The number of nitrogens with zero attached hydrogens (tertiary/aromatic N) is 1. The van der Waals surface area contributed by atoms with E-state index >= 15 is 0 Å². The van der Waals surface area contributed by atoms with Gasteiger partial charge < -0.3 is 5.32 Å². The van der Waals surface area contributed by atoms with Crippen molar-refractivity contribution in [3.05, 3.63) is 68.5 Å². The van der Waals surface area contributed by atoms with E-state index in [9.17, 15) is 19.3 Å². The van der Waals surface area contributed by atoms with Gasteiger partial charge in [-0.2, -0.15) is 0 Å². The number of aryl methyl sites for hydroxylation is 1. The van der Waals surface area contributed by atoms with E-state index in [0.29, 0.717) is 5.56 Å². The molecule has 0 atom stereocenters. The summed E-state index contributed by atoms with van der Waals surface area (Å²) in [7, 11) is 0. The largest absolute Gasteiger partial charge is 0.319 e. The van der Waals surface area contributed by atoms with Gasteiger partial charge in [0.05, 0.1) is 10.6 Å². The Morgan fingerprint density at radius 3 is 2.67 bits per heavy atom. The van der Waals surface area contributed by atoms with Gasteiger partial charge >= 0.3 is 0 Å². The van der Waals surface area contributed by atoms with Crippen molar-refractivity contribution >= 4 is 28.9 Å². The minimum atomic E-state index is -0.653. The molecule has 0 unspecified atom stereocenters. The summed E-state index contributed by atoms with van der Waals surface area (Å²) in [4.78, 5) is 22.3. The van der Waals surface area contributed by atoms with Crippen molar-refractivity contribution in [2.75, 3.05) is 5.32 Å². The first-order valence-corrected chi connectivity index (χ1v) is 6.27. The molecular weight excluding hydrogens is 299 g/mol. The molecule has 0 aliphatic rings. The van der Waals surface area contributed by atoms with E-state index in [1.807, 2.05) is 0 Å². The fourth-order valence-corrected chi connectivity index (χ4v) is 1.91. The minimum absolute atomic E-state index is 0.0617. The Morgan fingerprint density at radius 2 is 2.00 bits per heavy atom. The average molecular weight is 309 g/mol. The number of amides is 1. The first-order valence-electron chi connectivity index (χ1n) is 5.90. The molecule has 0 saturated carbocycles. The van der Waals surface area contributed by atoms with Gasteiger partial charge in [-0.15, -0.1) is 0 Å². The van der Waals surface area contributed by atoms with Crippen LogP contribution >= 0.6 is 11.6 Å². The van der Waals surface area contributed by atoms with Gasteiger partial charge in [-0.1, -0.05) is 17.7 Å². The lowest BCUT2D eigenvalue weighted by atomic mass is 10.1. The van der Waals surface area contributed by atoms with Gasteiger partial charge in [0.25, 0.3) is 11.6 Å². The van der Waals surface area contributed by atoms with Crippen LogP contribution in [0.4, 0.5) is 15.8 Å². The number of carbonyl (C=O) groups is 1. The molecule has 0 bridgehead atoms. The van der Waals surface area contributed by atoms with Crippen LogP contribution in [0.25, 0.3) is 0 Å². The topological polar surface area (TPSA) is 72.2 Å². The lowest BCUT2D eigenvalue weighted by molar-refractivity contribution is -0.385. The lowest BCUT2D eigenvalue weighted by Gasteiger charge is -2.07. The summed E-state index contributed by atoms with van der Waals surface area (Å²) in [6.45, 7) is 1.57. The molecule has 0 aromatic heterocycles. The second-order valence-corrected chi connectivity index (χ2v) is 4.77. The Hall–Kier alpha value is -2.47. The van der Waals surface area contributed by atoms with Crippen molar-refractivity contribution in [1.29, 1.82) is 0 Å². The van der Waals surface area contributed by atoms with Crippen molar-refractivity contribution in [2.45, 2.75) is 6.92 Å². The Balaban J connectivity index is 2.30. The van der Waals surface area contributed by atoms with E-state index < -0.39 is 16.6 Å². The van der Waals surface area contributed by atoms with E-state index in [1.165, 1.54) is 24.3 Å². The van der Waals surface area contributed by atoms with Crippen molar-refractivity contribution in [3.63, 3.8) is 0 Å². The van der Waals surface area contributed by atoms with Crippen LogP contribution in [0.5, 0.6) is 0 Å². The number of rotatable bonds is 3. The smallest absolute Gasteiger partial charge is 0.273 e.